The molecule has 0 amide bonds. The van der Waals surface area contributed by atoms with Crippen molar-refractivity contribution in [2.75, 3.05) is 11.5 Å². The molecule has 0 bridgehead atoms. The Balaban J connectivity index is 2.30. The lowest BCUT2D eigenvalue weighted by Crippen LogP contribution is -2.23. The number of carbonyl (C=O) groups is 1. The first-order chi connectivity index (χ1) is 5.77. The van der Waals surface area contributed by atoms with Crippen molar-refractivity contribution in [1.29, 1.82) is 0 Å². The molecule has 0 saturated heterocycles. The molecule has 0 radical (unpaired) electrons. The van der Waals surface area contributed by atoms with Crippen molar-refractivity contribution in [2.45, 2.75) is 25.7 Å². The fourth-order valence-electron chi connectivity index (χ4n) is 1.72. The molecule has 3 heteroatoms. The number of hydrogen-bond donors (Lipinski definition) is 0. The summed E-state index contributed by atoms with van der Waals surface area (Å²) in [7, 11) is 1.48. The summed E-state index contributed by atoms with van der Waals surface area (Å²) in [5, 5.41) is 0. The maximum atomic E-state index is 11.1. The molecule has 0 aromatic heterocycles. The van der Waals surface area contributed by atoms with E-state index in [0.29, 0.717) is 0 Å². The number of ether oxygens (including phenoxy) is 1. The smallest absolute Gasteiger partial charge is 0.308 e. The predicted molar refractivity (Wildman–Crippen MR) is 56.4 cm³/mol. The first kappa shape index (κ1) is 10.3. The first-order valence-electron chi connectivity index (χ1n) is 4.41. The number of alkyl halides is 1. The molecule has 1 aliphatic rings. The molecule has 0 aromatic carbocycles. The Hall–Kier alpha value is 0.200. The van der Waals surface area contributed by atoms with Crippen LogP contribution in [0.2, 0.25) is 0 Å². The molecule has 1 aliphatic carbocycles. The van der Waals surface area contributed by atoms with Gasteiger partial charge < -0.3 is 4.74 Å². The second kappa shape index (κ2) is 5.04. The monoisotopic (exact) mass is 282 g/mol. The first-order valence-corrected chi connectivity index (χ1v) is 5.94. The van der Waals surface area contributed by atoms with Crippen molar-refractivity contribution in [1.82, 2.24) is 0 Å². The van der Waals surface area contributed by atoms with E-state index in [4.69, 9.17) is 4.74 Å². The highest BCUT2D eigenvalue weighted by atomic mass is 127. The van der Waals surface area contributed by atoms with Gasteiger partial charge in [0.1, 0.15) is 0 Å². The van der Waals surface area contributed by atoms with Crippen molar-refractivity contribution in [3.63, 3.8) is 0 Å². The molecule has 70 valence electrons. The average Bonchev–Trinajstić information content (AvgIpc) is 2.17. The lowest BCUT2D eigenvalue weighted by molar-refractivity contribution is -0.146. The third-order valence-corrected chi connectivity index (χ3v) is 3.85. The van der Waals surface area contributed by atoms with Crippen LogP contribution in [0, 0.1) is 11.8 Å². The average molecular weight is 282 g/mol. The molecule has 0 heterocycles. The molecule has 0 N–H and O–H groups in total. The Morgan fingerprint density at radius 2 is 2.00 bits per heavy atom. The molecule has 0 spiro atoms. The van der Waals surface area contributed by atoms with Crippen LogP contribution < -0.4 is 0 Å². The van der Waals surface area contributed by atoms with Crippen LogP contribution in [0.1, 0.15) is 25.7 Å². The number of rotatable bonds is 2. The highest BCUT2D eigenvalue weighted by Gasteiger charge is 2.25. The third-order valence-electron chi connectivity index (χ3n) is 2.60. The standard InChI is InChI=1S/C9H15IO2/c1-12-9(11)8-4-2-7(6-10)3-5-8/h7-8H,2-6H2,1H3/t7-,8-. The van der Waals surface area contributed by atoms with Gasteiger partial charge in [-0.15, -0.1) is 0 Å². The summed E-state index contributed by atoms with van der Waals surface area (Å²) >= 11 is 2.42. The summed E-state index contributed by atoms with van der Waals surface area (Å²) < 4.78 is 5.95. The van der Waals surface area contributed by atoms with Gasteiger partial charge in [0.15, 0.2) is 0 Å². The Morgan fingerprint density at radius 1 is 1.42 bits per heavy atom. The predicted octanol–water partition coefficient (Wildman–Crippen LogP) is 2.40. The molecule has 0 unspecified atom stereocenters. The lowest BCUT2D eigenvalue weighted by Gasteiger charge is -2.25. The van der Waals surface area contributed by atoms with Crippen molar-refractivity contribution >= 4 is 28.6 Å². The zero-order valence-corrected chi connectivity index (χ0v) is 9.54. The SMILES string of the molecule is COC(=O)[C@H]1CC[C@H](CI)CC1. The van der Waals surface area contributed by atoms with Crippen LogP contribution in [-0.2, 0) is 9.53 Å². The molecule has 0 aliphatic heterocycles. The zero-order valence-electron chi connectivity index (χ0n) is 7.38. The molecule has 2 nitrogen and oxygen atoms in total. The number of esters is 1. The van der Waals surface area contributed by atoms with Crippen LogP contribution in [0.25, 0.3) is 0 Å². The maximum absolute atomic E-state index is 11.1. The Labute approximate surface area is 87.2 Å². The molecular weight excluding hydrogens is 267 g/mol. The molecule has 0 aromatic rings. The Morgan fingerprint density at radius 3 is 2.42 bits per heavy atom. The highest BCUT2D eigenvalue weighted by molar-refractivity contribution is 14.1. The Kier molecular flexibility index (Phi) is 4.32. The van der Waals surface area contributed by atoms with Gasteiger partial charge in [0.2, 0.25) is 0 Å². The minimum absolute atomic E-state index is 0.0121. The van der Waals surface area contributed by atoms with E-state index < -0.39 is 0 Å². The summed E-state index contributed by atoms with van der Waals surface area (Å²) in [4.78, 5) is 11.1. The molecule has 12 heavy (non-hydrogen) atoms. The van der Waals surface area contributed by atoms with Crippen molar-refractivity contribution in [3.05, 3.63) is 0 Å². The number of hydrogen-bond acceptors (Lipinski definition) is 2. The second-order valence-corrected chi connectivity index (χ2v) is 4.28. The summed E-state index contributed by atoms with van der Waals surface area (Å²) in [6.07, 6.45) is 4.45. The van der Waals surface area contributed by atoms with E-state index in [0.717, 1.165) is 18.8 Å². The normalized spacial score (nSPS) is 29.8. The van der Waals surface area contributed by atoms with Gasteiger partial charge in [-0.2, -0.15) is 0 Å². The lowest BCUT2D eigenvalue weighted by atomic mass is 9.83. The molecule has 0 atom stereocenters. The topological polar surface area (TPSA) is 26.3 Å². The number of halogens is 1. The second-order valence-electron chi connectivity index (χ2n) is 3.40. The fraction of sp³-hybridized carbons (Fsp3) is 0.889. The van der Waals surface area contributed by atoms with Crippen molar-refractivity contribution in [3.8, 4) is 0 Å². The minimum Gasteiger partial charge on any atom is -0.469 e. The minimum atomic E-state index is -0.0121. The summed E-state index contributed by atoms with van der Waals surface area (Å²) in [5.41, 5.74) is 0. The van der Waals surface area contributed by atoms with Gasteiger partial charge in [0.05, 0.1) is 13.0 Å². The van der Waals surface area contributed by atoms with Crippen LogP contribution in [0.3, 0.4) is 0 Å². The van der Waals surface area contributed by atoms with Gasteiger partial charge in [-0.1, -0.05) is 22.6 Å². The third kappa shape index (κ3) is 2.61. The summed E-state index contributed by atoms with van der Waals surface area (Å²) in [6, 6.07) is 0. The zero-order chi connectivity index (χ0) is 8.97. The van der Waals surface area contributed by atoms with Crippen LogP contribution in [0.4, 0.5) is 0 Å². The van der Waals surface area contributed by atoms with E-state index in [2.05, 4.69) is 22.6 Å². The van der Waals surface area contributed by atoms with Crippen molar-refractivity contribution < 1.29 is 9.53 Å². The molecular formula is C9H15IO2. The largest absolute Gasteiger partial charge is 0.469 e. The van der Waals surface area contributed by atoms with E-state index in [1.807, 2.05) is 0 Å². The van der Waals surface area contributed by atoms with E-state index in [9.17, 15) is 4.79 Å². The molecule has 1 rings (SSSR count). The van der Waals surface area contributed by atoms with Gasteiger partial charge in [-0.05, 0) is 31.6 Å². The molecule has 1 saturated carbocycles. The number of carbonyl (C=O) groups excluding carboxylic acids is 1. The van der Waals surface area contributed by atoms with Crippen LogP contribution in [-0.4, -0.2) is 17.5 Å². The molecule has 1 fully saturated rings. The fourth-order valence-corrected chi connectivity index (χ4v) is 2.60. The van der Waals surface area contributed by atoms with Gasteiger partial charge in [0.25, 0.3) is 0 Å². The van der Waals surface area contributed by atoms with Crippen molar-refractivity contribution in [2.24, 2.45) is 11.8 Å². The van der Waals surface area contributed by atoms with Gasteiger partial charge in [-0.25, -0.2) is 0 Å². The quantitative estimate of drug-likeness (QED) is 0.441. The van der Waals surface area contributed by atoms with Gasteiger partial charge >= 0.3 is 5.97 Å². The van der Waals surface area contributed by atoms with E-state index in [-0.39, 0.29) is 11.9 Å². The van der Waals surface area contributed by atoms with Gasteiger partial charge in [-0.3, -0.25) is 4.79 Å². The van der Waals surface area contributed by atoms with Crippen LogP contribution in [0.15, 0.2) is 0 Å². The highest BCUT2D eigenvalue weighted by Crippen LogP contribution is 2.30. The van der Waals surface area contributed by atoms with E-state index >= 15 is 0 Å². The van der Waals surface area contributed by atoms with Gasteiger partial charge in [0, 0.05) is 4.43 Å². The number of methoxy groups -OCH3 is 1. The Bertz CT molecular complexity index is 151. The summed E-state index contributed by atoms with van der Waals surface area (Å²) in [5.74, 6) is 1.02. The van der Waals surface area contributed by atoms with Crippen LogP contribution in [0.5, 0.6) is 0 Å². The maximum Gasteiger partial charge on any atom is 0.308 e. The van der Waals surface area contributed by atoms with E-state index in [1.54, 1.807) is 0 Å². The van der Waals surface area contributed by atoms with E-state index in [1.165, 1.54) is 24.4 Å². The van der Waals surface area contributed by atoms with Crippen LogP contribution >= 0.6 is 22.6 Å². The summed E-state index contributed by atoms with van der Waals surface area (Å²) in [6.45, 7) is 0.